The van der Waals surface area contributed by atoms with Crippen LogP contribution in [0.1, 0.15) is 30.8 Å². The van der Waals surface area contributed by atoms with Crippen LogP contribution in [0.15, 0.2) is 24.4 Å². The Hall–Kier alpha value is -1.95. The van der Waals surface area contributed by atoms with E-state index in [1.54, 1.807) is 11.8 Å². The number of hydrogen-bond acceptors (Lipinski definition) is 5. The summed E-state index contributed by atoms with van der Waals surface area (Å²) in [5.41, 5.74) is 1.78. The second-order valence-corrected chi connectivity index (χ2v) is 4.30. The highest BCUT2D eigenvalue weighted by Crippen LogP contribution is 2.19. The van der Waals surface area contributed by atoms with Crippen molar-refractivity contribution < 1.29 is 4.74 Å². The minimum absolute atomic E-state index is 0.0421. The van der Waals surface area contributed by atoms with Gasteiger partial charge in [0, 0.05) is 19.3 Å². The summed E-state index contributed by atoms with van der Waals surface area (Å²) in [5, 5.41) is 16.1. The SMILES string of the molecule is CCCNC(c1ccc(OC)nn1)c1ccn(C)n1. The fourth-order valence-electron chi connectivity index (χ4n) is 1.83. The summed E-state index contributed by atoms with van der Waals surface area (Å²) >= 11 is 0. The maximum atomic E-state index is 5.03. The van der Waals surface area contributed by atoms with Gasteiger partial charge in [-0.1, -0.05) is 6.92 Å². The van der Waals surface area contributed by atoms with Gasteiger partial charge in [0.1, 0.15) is 0 Å². The third-order valence-corrected chi connectivity index (χ3v) is 2.79. The van der Waals surface area contributed by atoms with Gasteiger partial charge in [0.15, 0.2) is 0 Å². The van der Waals surface area contributed by atoms with Gasteiger partial charge >= 0.3 is 0 Å². The molecule has 0 saturated carbocycles. The van der Waals surface area contributed by atoms with Crippen molar-refractivity contribution in [3.05, 3.63) is 35.8 Å². The van der Waals surface area contributed by atoms with Crippen molar-refractivity contribution in [1.82, 2.24) is 25.3 Å². The lowest BCUT2D eigenvalue weighted by Crippen LogP contribution is -2.25. The fraction of sp³-hybridized carbons (Fsp3) is 0.462. The van der Waals surface area contributed by atoms with Crippen molar-refractivity contribution in [3.8, 4) is 5.88 Å². The zero-order valence-electron chi connectivity index (χ0n) is 11.5. The Bertz CT molecular complexity index is 508. The van der Waals surface area contributed by atoms with Crippen LogP contribution in [0.3, 0.4) is 0 Å². The van der Waals surface area contributed by atoms with Crippen LogP contribution < -0.4 is 10.1 Å². The quantitative estimate of drug-likeness (QED) is 0.849. The molecule has 2 rings (SSSR count). The van der Waals surface area contributed by atoms with E-state index in [-0.39, 0.29) is 6.04 Å². The number of rotatable bonds is 6. The van der Waals surface area contributed by atoms with Crippen LogP contribution >= 0.6 is 0 Å². The molecule has 0 bridgehead atoms. The van der Waals surface area contributed by atoms with Crippen molar-refractivity contribution in [1.29, 1.82) is 0 Å². The molecular formula is C13H19N5O. The summed E-state index contributed by atoms with van der Waals surface area (Å²) in [4.78, 5) is 0. The number of nitrogens with zero attached hydrogens (tertiary/aromatic N) is 4. The molecule has 1 atom stereocenters. The molecule has 2 heterocycles. The van der Waals surface area contributed by atoms with Crippen LogP contribution in [0.5, 0.6) is 5.88 Å². The molecular weight excluding hydrogens is 242 g/mol. The number of aromatic nitrogens is 4. The van der Waals surface area contributed by atoms with Gasteiger partial charge in [-0.05, 0) is 25.1 Å². The van der Waals surface area contributed by atoms with Gasteiger partial charge < -0.3 is 10.1 Å². The Morgan fingerprint density at radius 1 is 1.26 bits per heavy atom. The lowest BCUT2D eigenvalue weighted by atomic mass is 10.1. The average molecular weight is 261 g/mol. The van der Waals surface area contributed by atoms with E-state index >= 15 is 0 Å². The Balaban J connectivity index is 2.25. The molecule has 102 valence electrons. The van der Waals surface area contributed by atoms with Crippen LogP contribution in [-0.4, -0.2) is 33.6 Å². The molecule has 1 unspecified atom stereocenters. The molecule has 0 spiro atoms. The van der Waals surface area contributed by atoms with Crippen LogP contribution in [0.2, 0.25) is 0 Å². The summed E-state index contributed by atoms with van der Waals surface area (Å²) in [6.45, 7) is 3.02. The molecule has 2 aromatic heterocycles. The average Bonchev–Trinajstić information content (AvgIpc) is 2.86. The molecule has 19 heavy (non-hydrogen) atoms. The molecule has 0 aliphatic rings. The van der Waals surface area contributed by atoms with Gasteiger partial charge in [0.2, 0.25) is 5.88 Å². The topological polar surface area (TPSA) is 64.9 Å². The zero-order chi connectivity index (χ0) is 13.7. The molecule has 2 aromatic rings. The predicted molar refractivity (Wildman–Crippen MR) is 71.9 cm³/mol. The summed E-state index contributed by atoms with van der Waals surface area (Å²) in [6.07, 6.45) is 2.97. The first-order valence-electron chi connectivity index (χ1n) is 6.35. The van der Waals surface area contributed by atoms with E-state index in [0.717, 1.165) is 24.4 Å². The van der Waals surface area contributed by atoms with Gasteiger partial charge in [-0.2, -0.15) is 5.10 Å². The highest BCUT2D eigenvalue weighted by molar-refractivity contribution is 5.22. The highest BCUT2D eigenvalue weighted by Gasteiger charge is 2.17. The van der Waals surface area contributed by atoms with E-state index in [9.17, 15) is 0 Å². The normalized spacial score (nSPS) is 12.4. The molecule has 0 radical (unpaired) electrons. The van der Waals surface area contributed by atoms with Crippen molar-refractivity contribution >= 4 is 0 Å². The molecule has 6 heteroatoms. The molecule has 0 saturated heterocycles. The Kier molecular flexibility index (Phi) is 4.46. The molecule has 6 nitrogen and oxygen atoms in total. The van der Waals surface area contributed by atoms with Crippen molar-refractivity contribution in [3.63, 3.8) is 0 Å². The third-order valence-electron chi connectivity index (χ3n) is 2.79. The van der Waals surface area contributed by atoms with Gasteiger partial charge in [0.05, 0.1) is 24.5 Å². The van der Waals surface area contributed by atoms with Crippen LogP contribution in [0.25, 0.3) is 0 Å². The van der Waals surface area contributed by atoms with Crippen molar-refractivity contribution in [2.75, 3.05) is 13.7 Å². The van der Waals surface area contributed by atoms with Crippen LogP contribution in [0.4, 0.5) is 0 Å². The molecule has 0 aromatic carbocycles. The third kappa shape index (κ3) is 3.29. The molecule has 0 fully saturated rings. The first-order chi connectivity index (χ1) is 9.24. The van der Waals surface area contributed by atoms with E-state index in [0.29, 0.717) is 5.88 Å². The molecule has 0 aliphatic heterocycles. The second-order valence-electron chi connectivity index (χ2n) is 4.30. The van der Waals surface area contributed by atoms with Gasteiger partial charge in [-0.15, -0.1) is 10.2 Å². The minimum Gasteiger partial charge on any atom is -0.480 e. The van der Waals surface area contributed by atoms with Crippen LogP contribution in [0, 0.1) is 0 Å². The molecule has 0 amide bonds. The second kappa shape index (κ2) is 6.29. The molecule has 1 N–H and O–H groups in total. The van der Waals surface area contributed by atoms with E-state index in [4.69, 9.17) is 4.74 Å². The predicted octanol–water partition coefficient (Wildman–Crippen LogP) is 1.31. The standard InChI is InChI=1S/C13H19N5O/c1-4-8-14-13(11-7-9-18(2)17-11)10-5-6-12(19-3)16-15-10/h5-7,9,13-14H,4,8H2,1-3H3. The lowest BCUT2D eigenvalue weighted by molar-refractivity contribution is 0.390. The zero-order valence-corrected chi connectivity index (χ0v) is 11.5. The van der Waals surface area contributed by atoms with Crippen molar-refractivity contribution in [2.45, 2.75) is 19.4 Å². The summed E-state index contributed by atoms with van der Waals surface area (Å²) in [7, 11) is 3.48. The number of hydrogen-bond donors (Lipinski definition) is 1. The largest absolute Gasteiger partial charge is 0.480 e. The first-order valence-corrected chi connectivity index (χ1v) is 6.35. The van der Waals surface area contributed by atoms with Crippen molar-refractivity contribution in [2.24, 2.45) is 7.05 Å². The van der Waals surface area contributed by atoms with E-state index in [1.807, 2.05) is 31.4 Å². The van der Waals surface area contributed by atoms with E-state index in [2.05, 4.69) is 27.5 Å². The summed E-state index contributed by atoms with van der Waals surface area (Å²) in [6, 6.07) is 5.67. The maximum absolute atomic E-state index is 5.03. The van der Waals surface area contributed by atoms with Crippen LogP contribution in [-0.2, 0) is 7.05 Å². The Labute approximate surface area is 112 Å². The molecule has 0 aliphatic carbocycles. The summed E-state index contributed by atoms with van der Waals surface area (Å²) in [5.74, 6) is 0.513. The Morgan fingerprint density at radius 2 is 2.11 bits per heavy atom. The number of methoxy groups -OCH3 is 1. The number of ether oxygens (including phenoxy) is 1. The first kappa shape index (κ1) is 13.5. The maximum Gasteiger partial charge on any atom is 0.233 e. The van der Waals surface area contributed by atoms with E-state index < -0.39 is 0 Å². The summed E-state index contributed by atoms with van der Waals surface area (Å²) < 4.78 is 6.81. The lowest BCUT2D eigenvalue weighted by Gasteiger charge is -2.15. The highest BCUT2D eigenvalue weighted by atomic mass is 16.5. The smallest absolute Gasteiger partial charge is 0.233 e. The monoisotopic (exact) mass is 261 g/mol. The minimum atomic E-state index is -0.0421. The fourth-order valence-corrected chi connectivity index (χ4v) is 1.83. The van der Waals surface area contributed by atoms with Gasteiger partial charge in [0.25, 0.3) is 0 Å². The Morgan fingerprint density at radius 3 is 2.63 bits per heavy atom. The van der Waals surface area contributed by atoms with E-state index in [1.165, 1.54) is 0 Å². The van der Waals surface area contributed by atoms with Gasteiger partial charge in [-0.25, -0.2) is 0 Å². The van der Waals surface area contributed by atoms with Gasteiger partial charge in [-0.3, -0.25) is 4.68 Å². The number of nitrogens with one attached hydrogen (secondary N) is 1. The number of aryl methyl sites for hydroxylation is 1.